The molecule has 3 heteroatoms. The number of carboxylic acids is 1. The molecule has 0 unspecified atom stereocenters. The highest BCUT2D eigenvalue weighted by molar-refractivity contribution is 5.67. The Balaban J connectivity index is 1.93. The Morgan fingerprint density at radius 1 is 1.00 bits per heavy atom. The summed E-state index contributed by atoms with van der Waals surface area (Å²) in [6.07, 6.45) is 0.667. The number of benzene rings is 2. The van der Waals surface area contributed by atoms with Crippen LogP contribution in [0.25, 0.3) is 0 Å². The average Bonchev–Trinajstić information content (AvgIpc) is 2.44. The summed E-state index contributed by atoms with van der Waals surface area (Å²) in [5.41, 5.74) is 2.09. The molecule has 0 amide bonds. The molecule has 98 valence electrons. The average molecular weight is 256 g/mol. The van der Waals surface area contributed by atoms with Gasteiger partial charge in [-0.1, -0.05) is 42.5 Å². The topological polar surface area (TPSA) is 46.5 Å². The summed E-state index contributed by atoms with van der Waals surface area (Å²) in [6.45, 7) is 0.517. The summed E-state index contributed by atoms with van der Waals surface area (Å²) >= 11 is 0. The minimum atomic E-state index is -0.782. The van der Waals surface area contributed by atoms with Crippen molar-refractivity contribution in [1.29, 1.82) is 0 Å². The Kier molecular flexibility index (Phi) is 4.56. The lowest BCUT2D eigenvalue weighted by molar-refractivity contribution is -0.136. The van der Waals surface area contributed by atoms with Gasteiger partial charge >= 0.3 is 5.97 Å². The van der Waals surface area contributed by atoms with E-state index in [1.165, 1.54) is 0 Å². The Morgan fingerprint density at radius 2 is 1.74 bits per heavy atom. The first-order valence-electron chi connectivity index (χ1n) is 6.21. The molecule has 0 radical (unpaired) electrons. The summed E-state index contributed by atoms with van der Waals surface area (Å²) < 4.78 is 5.69. The third kappa shape index (κ3) is 4.47. The summed E-state index contributed by atoms with van der Waals surface area (Å²) in [4.78, 5) is 10.5. The number of hydrogen-bond acceptors (Lipinski definition) is 2. The number of hydrogen-bond donors (Lipinski definition) is 1. The SMILES string of the molecule is O=C(O)CCc1cccc(OCc2ccccc2)c1. The zero-order valence-electron chi connectivity index (χ0n) is 10.6. The summed E-state index contributed by atoms with van der Waals surface area (Å²) in [7, 11) is 0. The van der Waals surface area contributed by atoms with Gasteiger partial charge in [0.2, 0.25) is 0 Å². The first-order valence-corrected chi connectivity index (χ1v) is 6.21. The van der Waals surface area contributed by atoms with Crippen molar-refractivity contribution in [2.75, 3.05) is 0 Å². The zero-order valence-corrected chi connectivity index (χ0v) is 10.6. The van der Waals surface area contributed by atoms with E-state index in [0.717, 1.165) is 16.9 Å². The van der Waals surface area contributed by atoms with Gasteiger partial charge in [0.1, 0.15) is 12.4 Å². The maximum Gasteiger partial charge on any atom is 0.303 e. The van der Waals surface area contributed by atoms with Crippen LogP contribution in [0.3, 0.4) is 0 Å². The molecule has 0 aliphatic carbocycles. The van der Waals surface area contributed by atoms with Gasteiger partial charge < -0.3 is 9.84 Å². The van der Waals surface area contributed by atoms with E-state index in [1.54, 1.807) is 0 Å². The molecule has 0 saturated heterocycles. The highest BCUT2D eigenvalue weighted by Gasteiger charge is 2.01. The Bertz CT molecular complexity index is 535. The molecule has 0 saturated carbocycles. The van der Waals surface area contributed by atoms with Crippen molar-refractivity contribution in [2.24, 2.45) is 0 Å². The predicted octanol–water partition coefficient (Wildman–Crippen LogP) is 3.28. The third-order valence-electron chi connectivity index (χ3n) is 2.77. The van der Waals surface area contributed by atoms with Gasteiger partial charge in [-0.3, -0.25) is 4.79 Å². The molecule has 0 aromatic heterocycles. The van der Waals surface area contributed by atoms with Gasteiger partial charge in [-0.15, -0.1) is 0 Å². The molecule has 0 spiro atoms. The molecule has 3 nitrogen and oxygen atoms in total. The van der Waals surface area contributed by atoms with Gasteiger partial charge in [0.25, 0.3) is 0 Å². The maximum absolute atomic E-state index is 10.5. The van der Waals surface area contributed by atoms with Crippen molar-refractivity contribution >= 4 is 5.97 Å². The number of ether oxygens (including phenoxy) is 1. The molecule has 1 N–H and O–H groups in total. The Morgan fingerprint density at radius 3 is 2.47 bits per heavy atom. The first kappa shape index (κ1) is 13.1. The molecule has 0 aliphatic heterocycles. The van der Waals surface area contributed by atoms with Crippen molar-refractivity contribution in [1.82, 2.24) is 0 Å². The lowest BCUT2D eigenvalue weighted by Gasteiger charge is -2.07. The fourth-order valence-electron chi connectivity index (χ4n) is 1.78. The van der Waals surface area contributed by atoms with Gasteiger partial charge in [0, 0.05) is 6.42 Å². The van der Waals surface area contributed by atoms with Crippen LogP contribution < -0.4 is 4.74 Å². The number of aliphatic carboxylic acids is 1. The molecule has 0 bridgehead atoms. The standard InChI is InChI=1S/C16H16O3/c17-16(18)10-9-13-7-4-8-15(11-13)19-12-14-5-2-1-3-6-14/h1-8,11H,9-10,12H2,(H,17,18). The molecule has 2 aromatic rings. The van der Waals surface area contributed by atoms with E-state index in [9.17, 15) is 4.79 Å². The van der Waals surface area contributed by atoms with E-state index in [-0.39, 0.29) is 6.42 Å². The monoisotopic (exact) mass is 256 g/mol. The van der Waals surface area contributed by atoms with Crippen LogP contribution in [0.1, 0.15) is 17.5 Å². The van der Waals surface area contributed by atoms with Crippen LogP contribution in [0.15, 0.2) is 54.6 Å². The normalized spacial score (nSPS) is 10.1. The van der Waals surface area contributed by atoms with E-state index < -0.39 is 5.97 Å². The van der Waals surface area contributed by atoms with Crippen LogP contribution in [0, 0.1) is 0 Å². The van der Waals surface area contributed by atoms with Crippen molar-refractivity contribution < 1.29 is 14.6 Å². The fourth-order valence-corrected chi connectivity index (χ4v) is 1.78. The van der Waals surface area contributed by atoms with Gasteiger partial charge in [0.15, 0.2) is 0 Å². The largest absolute Gasteiger partial charge is 0.489 e. The molecule has 0 heterocycles. The molecule has 2 rings (SSSR count). The van der Waals surface area contributed by atoms with Crippen LogP contribution in [0.4, 0.5) is 0 Å². The van der Waals surface area contributed by atoms with Gasteiger partial charge in [0.05, 0.1) is 0 Å². The van der Waals surface area contributed by atoms with E-state index in [0.29, 0.717) is 13.0 Å². The van der Waals surface area contributed by atoms with Crippen molar-refractivity contribution in [3.05, 3.63) is 65.7 Å². The first-order chi connectivity index (χ1) is 9.24. The van der Waals surface area contributed by atoms with E-state index in [1.807, 2.05) is 54.6 Å². The van der Waals surface area contributed by atoms with Crippen LogP contribution >= 0.6 is 0 Å². The summed E-state index contributed by atoms with van der Waals surface area (Å²) in [5, 5.41) is 8.66. The van der Waals surface area contributed by atoms with Gasteiger partial charge in [-0.25, -0.2) is 0 Å². The molecule has 0 atom stereocenters. The number of carboxylic acid groups (broad SMARTS) is 1. The van der Waals surface area contributed by atoms with E-state index >= 15 is 0 Å². The quantitative estimate of drug-likeness (QED) is 0.862. The number of aryl methyl sites for hydroxylation is 1. The second-order valence-corrected chi connectivity index (χ2v) is 4.32. The number of rotatable bonds is 6. The second kappa shape index (κ2) is 6.59. The lowest BCUT2D eigenvalue weighted by Crippen LogP contribution is -1.99. The second-order valence-electron chi connectivity index (χ2n) is 4.32. The van der Waals surface area contributed by atoms with Gasteiger partial charge in [-0.05, 0) is 29.7 Å². The van der Waals surface area contributed by atoms with E-state index in [4.69, 9.17) is 9.84 Å². The molecule has 19 heavy (non-hydrogen) atoms. The van der Waals surface area contributed by atoms with Crippen LogP contribution in [-0.2, 0) is 17.8 Å². The maximum atomic E-state index is 10.5. The van der Waals surface area contributed by atoms with Crippen molar-refractivity contribution in [3.8, 4) is 5.75 Å². The summed E-state index contributed by atoms with van der Waals surface area (Å²) in [6, 6.07) is 17.5. The van der Waals surface area contributed by atoms with Crippen molar-refractivity contribution in [3.63, 3.8) is 0 Å². The molecule has 0 aliphatic rings. The predicted molar refractivity (Wildman–Crippen MR) is 73.2 cm³/mol. The Hall–Kier alpha value is -2.29. The number of carbonyl (C=O) groups is 1. The van der Waals surface area contributed by atoms with Crippen LogP contribution in [0.5, 0.6) is 5.75 Å². The highest BCUT2D eigenvalue weighted by atomic mass is 16.5. The van der Waals surface area contributed by atoms with Gasteiger partial charge in [-0.2, -0.15) is 0 Å². The zero-order chi connectivity index (χ0) is 13.5. The van der Waals surface area contributed by atoms with E-state index in [2.05, 4.69) is 0 Å². The summed E-state index contributed by atoms with van der Waals surface area (Å²) in [5.74, 6) is -0.0117. The lowest BCUT2D eigenvalue weighted by atomic mass is 10.1. The molecule has 2 aromatic carbocycles. The minimum absolute atomic E-state index is 0.141. The highest BCUT2D eigenvalue weighted by Crippen LogP contribution is 2.16. The molecular formula is C16H16O3. The molecule has 0 fully saturated rings. The third-order valence-corrected chi connectivity index (χ3v) is 2.77. The van der Waals surface area contributed by atoms with Crippen LogP contribution in [0.2, 0.25) is 0 Å². The smallest absolute Gasteiger partial charge is 0.303 e. The minimum Gasteiger partial charge on any atom is -0.489 e. The fraction of sp³-hybridized carbons (Fsp3) is 0.188. The molecular weight excluding hydrogens is 240 g/mol. The van der Waals surface area contributed by atoms with Crippen LogP contribution in [-0.4, -0.2) is 11.1 Å². The Labute approximate surface area is 112 Å². The van der Waals surface area contributed by atoms with Crippen molar-refractivity contribution in [2.45, 2.75) is 19.4 Å².